The molecule has 2 saturated heterocycles. The van der Waals surface area contributed by atoms with E-state index in [1.54, 1.807) is 7.11 Å². The number of amides is 2. The zero-order chi connectivity index (χ0) is 17.6. The Morgan fingerprint density at radius 2 is 1.68 bits per heavy atom. The van der Waals surface area contributed by atoms with Crippen molar-refractivity contribution in [2.75, 3.05) is 25.1 Å². The number of hydrazine groups is 1. The van der Waals surface area contributed by atoms with Crippen LogP contribution in [0, 0.1) is 5.41 Å². The molecular formula is C20H23N3O2. The van der Waals surface area contributed by atoms with Crippen LogP contribution in [0.2, 0.25) is 0 Å². The van der Waals surface area contributed by atoms with E-state index < -0.39 is 0 Å². The van der Waals surface area contributed by atoms with Crippen LogP contribution in [0.3, 0.4) is 0 Å². The summed E-state index contributed by atoms with van der Waals surface area (Å²) in [5.74, 6) is 0.818. The predicted molar refractivity (Wildman–Crippen MR) is 97.2 cm³/mol. The van der Waals surface area contributed by atoms with Crippen LogP contribution in [0.4, 0.5) is 10.5 Å². The zero-order valence-corrected chi connectivity index (χ0v) is 14.8. The number of methoxy groups -OCH3 is 1. The highest BCUT2D eigenvalue weighted by atomic mass is 16.5. The Hall–Kier alpha value is -2.53. The minimum Gasteiger partial charge on any atom is -0.497 e. The average molecular weight is 337 g/mol. The molecule has 0 radical (unpaired) electrons. The molecule has 4 rings (SSSR count). The highest BCUT2D eigenvalue weighted by Gasteiger charge is 2.52. The topological polar surface area (TPSA) is 36.0 Å². The summed E-state index contributed by atoms with van der Waals surface area (Å²) in [5, 5.41) is 4.08. The molecular weight excluding hydrogens is 314 g/mol. The lowest BCUT2D eigenvalue weighted by Crippen LogP contribution is -2.35. The fourth-order valence-corrected chi connectivity index (χ4v) is 3.77. The van der Waals surface area contributed by atoms with E-state index >= 15 is 0 Å². The van der Waals surface area contributed by atoms with Crippen LogP contribution in [0.1, 0.15) is 25.6 Å². The summed E-state index contributed by atoms with van der Waals surface area (Å²) < 4.78 is 5.28. The van der Waals surface area contributed by atoms with Crippen LogP contribution in [0.5, 0.6) is 5.75 Å². The molecule has 0 spiro atoms. The SMILES string of the molecule is COc1ccc(C2N(c3ccccc3)C(=O)N3CC(C)(C)CN23)cc1. The van der Waals surface area contributed by atoms with Crippen molar-refractivity contribution >= 4 is 11.7 Å². The highest BCUT2D eigenvalue weighted by Crippen LogP contribution is 2.44. The van der Waals surface area contributed by atoms with E-state index in [-0.39, 0.29) is 17.6 Å². The summed E-state index contributed by atoms with van der Waals surface area (Å²) in [6.45, 7) is 5.99. The van der Waals surface area contributed by atoms with Gasteiger partial charge >= 0.3 is 6.03 Å². The lowest BCUT2D eigenvalue weighted by atomic mass is 9.94. The number of fused-ring (bicyclic) bond motifs is 1. The maximum atomic E-state index is 13.2. The molecule has 1 atom stereocenters. The second-order valence-electron chi connectivity index (χ2n) is 7.45. The minimum atomic E-state index is -0.136. The van der Waals surface area contributed by atoms with Gasteiger partial charge in [-0.1, -0.05) is 44.2 Å². The number of para-hydroxylation sites is 1. The summed E-state index contributed by atoms with van der Waals surface area (Å²) >= 11 is 0. The lowest BCUT2D eigenvalue weighted by molar-refractivity contribution is 0.0721. The third-order valence-electron chi connectivity index (χ3n) is 4.88. The Balaban J connectivity index is 1.78. The van der Waals surface area contributed by atoms with Crippen LogP contribution in [-0.2, 0) is 0 Å². The molecule has 5 heteroatoms. The third kappa shape index (κ3) is 2.65. The van der Waals surface area contributed by atoms with Crippen molar-refractivity contribution in [1.82, 2.24) is 10.0 Å². The molecule has 130 valence electrons. The fourth-order valence-electron chi connectivity index (χ4n) is 3.77. The van der Waals surface area contributed by atoms with Gasteiger partial charge in [-0.05, 0) is 35.2 Å². The van der Waals surface area contributed by atoms with Crippen molar-refractivity contribution in [3.8, 4) is 5.75 Å². The summed E-state index contributed by atoms with van der Waals surface area (Å²) in [6, 6.07) is 17.9. The van der Waals surface area contributed by atoms with E-state index in [0.717, 1.165) is 30.1 Å². The van der Waals surface area contributed by atoms with Crippen molar-refractivity contribution in [2.24, 2.45) is 5.41 Å². The van der Waals surface area contributed by atoms with Crippen molar-refractivity contribution in [1.29, 1.82) is 0 Å². The van der Waals surface area contributed by atoms with E-state index in [0.29, 0.717) is 0 Å². The number of carbonyl (C=O) groups is 1. The normalized spacial score (nSPS) is 22.4. The Morgan fingerprint density at radius 1 is 1.00 bits per heavy atom. The molecule has 1 unspecified atom stereocenters. The first-order chi connectivity index (χ1) is 12.0. The summed E-state index contributed by atoms with van der Waals surface area (Å²) in [4.78, 5) is 15.1. The Bertz CT molecular complexity index is 773. The quantitative estimate of drug-likeness (QED) is 0.852. The lowest BCUT2D eigenvalue weighted by Gasteiger charge is -2.29. The Kier molecular flexibility index (Phi) is 3.69. The number of rotatable bonds is 3. The number of nitrogens with zero attached hydrogens (tertiary/aromatic N) is 3. The summed E-state index contributed by atoms with van der Waals surface area (Å²) in [6.07, 6.45) is -0.136. The van der Waals surface area contributed by atoms with Gasteiger partial charge in [0.2, 0.25) is 0 Å². The predicted octanol–water partition coefficient (Wildman–Crippen LogP) is 3.89. The van der Waals surface area contributed by atoms with Gasteiger partial charge in [-0.3, -0.25) is 9.91 Å². The van der Waals surface area contributed by atoms with Gasteiger partial charge in [0.05, 0.1) is 7.11 Å². The first-order valence-corrected chi connectivity index (χ1v) is 8.56. The van der Waals surface area contributed by atoms with Crippen LogP contribution < -0.4 is 9.64 Å². The van der Waals surface area contributed by atoms with Crippen LogP contribution in [-0.4, -0.2) is 36.2 Å². The van der Waals surface area contributed by atoms with E-state index in [9.17, 15) is 4.79 Å². The molecule has 0 N–H and O–H groups in total. The maximum absolute atomic E-state index is 13.2. The van der Waals surface area contributed by atoms with E-state index in [4.69, 9.17) is 4.74 Å². The second-order valence-corrected chi connectivity index (χ2v) is 7.45. The molecule has 0 bridgehead atoms. The molecule has 2 heterocycles. The molecule has 2 aromatic carbocycles. The van der Waals surface area contributed by atoms with Crippen LogP contribution in [0.15, 0.2) is 54.6 Å². The smallest absolute Gasteiger partial charge is 0.340 e. The monoisotopic (exact) mass is 337 g/mol. The Morgan fingerprint density at radius 3 is 2.32 bits per heavy atom. The summed E-state index contributed by atoms with van der Waals surface area (Å²) in [7, 11) is 1.66. The number of urea groups is 1. The Labute approximate surface area is 148 Å². The van der Waals surface area contributed by atoms with Gasteiger partial charge in [-0.25, -0.2) is 4.79 Å². The zero-order valence-electron chi connectivity index (χ0n) is 14.8. The molecule has 2 aliphatic heterocycles. The highest BCUT2D eigenvalue weighted by molar-refractivity contribution is 5.94. The molecule has 2 aliphatic rings. The average Bonchev–Trinajstić information content (AvgIpc) is 3.07. The maximum Gasteiger partial charge on any atom is 0.340 e. The number of benzene rings is 2. The van der Waals surface area contributed by atoms with Gasteiger partial charge in [-0.2, -0.15) is 5.01 Å². The van der Waals surface area contributed by atoms with E-state index in [1.807, 2.05) is 64.5 Å². The van der Waals surface area contributed by atoms with Gasteiger partial charge in [0.25, 0.3) is 0 Å². The molecule has 25 heavy (non-hydrogen) atoms. The van der Waals surface area contributed by atoms with Gasteiger partial charge in [-0.15, -0.1) is 0 Å². The molecule has 0 saturated carbocycles. The minimum absolute atomic E-state index is 0.0394. The second kappa shape index (κ2) is 5.77. The molecule has 2 amide bonds. The molecule has 0 aliphatic carbocycles. The largest absolute Gasteiger partial charge is 0.497 e. The number of carbonyl (C=O) groups excluding carboxylic acids is 1. The first kappa shape index (κ1) is 16.0. The molecule has 2 fully saturated rings. The van der Waals surface area contributed by atoms with E-state index in [1.165, 1.54) is 0 Å². The number of ether oxygens (including phenoxy) is 1. The van der Waals surface area contributed by atoms with Crippen molar-refractivity contribution in [3.05, 3.63) is 60.2 Å². The summed E-state index contributed by atoms with van der Waals surface area (Å²) in [5.41, 5.74) is 2.09. The van der Waals surface area contributed by atoms with Gasteiger partial charge < -0.3 is 4.74 Å². The number of hydrogen-bond donors (Lipinski definition) is 0. The van der Waals surface area contributed by atoms with Crippen LogP contribution >= 0.6 is 0 Å². The third-order valence-corrected chi connectivity index (χ3v) is 4.88. The fraction of sp³-hybridized carbons (Fsp3) is 0.350. The first-order valence-electron chi connectivity index (χ1n) is 8.56. The molecule has 0 aromatic heterocycles. The number of hydrogen-bond acceptors (Lipinski definition) is 3. The van der Waals surface area contributed by atoms with Crippen LogP contribution in [0.25, 0.3) is 0 Å². The van der Waals surface area contributed by atoms with Crippen molar-refractivity contribution in [2.45, 2.75) is 20.0 Å². The number of anilines is 1. The molecule has 5 nitrogen and oxygen atoms in total. The van der Waals surface area contributed by atoms with E-state index in [2.05, 4.69) is 18.9 Å². The van der Waals surface area contributed by atoms with Gasteiger partial charge in [0, 0.05) is 18.8 Å². The standard InChI is InChI=1S/C20H23N3O2/c1-20(2)13-21-18(15-9-11-17(25-3)12-10-15)23(19(24)22(21)14-20)16-7-5-4-6-8-16/h4-12,18H,13-14H2,1-3H3. The van der Waals surface area contributed by atoms with Gasteiger partial charge in [0.1, 0.15) is 11.9 Å². The van der Waals surface area contributed by atoms with Crippen molar-refractivity contribution in [3.63, 3.8) is 0 Å². The molecule has 2 aromatic rings. The van der Waals surface area contributed by atoms with Crippen molar-refractivity contribution < 1.29 is 9.53 Å². The van der Waals surface area contributed by atoms with Gasteiger partial charge in [0.15, 0.2) is 0 Å².